The van der Waals surface area contributed by atoms with Crippen LogP contribution in [0.5, 0.6) is 5.75 Å². The molecule has 2 unspecified atom stereocenters. The van der Waals surface area contributed by atoms with Gasteiger partial charge in [-0.25, -0.2) is 4.39 Å². The largest absolute Gasteiger partial charge is 0.508 e. The van der Waals surface area contributed by atoms with Gasteiger partial charge in [0.1, 0.15) is 11.9 Å². The third-order valence-electron chi connectivity index (χ3n) is 2.64. The van der Waals surface area contributed by atoms with Gasteiger partial charge in [-0.05, 0) is 37.1 Å². The van der Waals surface area contributed by atoms with Crippen LogP contribution in [0.1, 0.15) is 24.4 Å². The molecule has 4 heteroatoms. The van der Waals surface area contributed by atoms with Gasteiger partial charge in [0.2, 0.25) is 0 Å². The molecular weight excluding hydrogens is 217 g/mol. The van der Waals surface area contributed by atoms with Crippen LogP contribution in [-0.2, 0) is 0 Å². The number of benzene rings is 1. The van der Waals surface area contributed by atoms with Crippen molar-refractivity contribution >= 4 is 12.4 Å². The summed E-state index contributed by atoms with van der Waals surface area (Å²) >= 11 is 0. The van der Waals surface area contributed by atoms with Crippen LogP contribution in [0.3, 0.4) is 0 Å². The molecule has 0 bridgehead atoms. The van der Waals surface area contributed by atoms with Crippen LogP contribution in [0.2, 0.25) is 0 Å². The lowest BCUT2D eigenvalue weighted by atomic mass is 9.96. The van der Waals surface area contributed by atoms with E-state index in [0.717, 1.165) is 12.1 Å². The minimum atomic E-state index is -0.699. The van der Waals surface area contributed by atoms with Crippen molar-refractivity contribution in [2.24, 2.45) is 0 Å². The van der Waals surface area contributed by atoms with Crippen molar-refractivity contribution in [3.05, 3.63) is 29.8 Å². The van der Waals surface area contributed by atoms with Crippen LogP contribution in [0, 0.1) is 0 Å². The van der Waals surface area contributed by atoms with Crippen LogP contribution < -0.4 is 5.32 Å². The van der Waals surface area contributed by atoms with Crippen molar-refractivity contribution in [2.75, 3.05) is 6.54 Å². The highest BCUT2D eigenvalue weighted by Crippen LogP contribution is 2.25. The Morgan fingerprint density at radius 3 is 2.53 bits per heavy atom. The molecule has 0 radical (unpaired) electrons. The van der Waals surface area contributed by atoms with E-state index in [9.17, 15) is 4.39 Å². The number of rotatable bonds is 1. The van der Waals surface area contributed by atoms with Crippen LogP contribution >= 0.6 is 12.4 Å². The first-order valence-electron chi connectivity index (χ1n) is 4.92. The van der Waals surface area contributed by atoms with E-state index in [-0.39, 0.29) is 24.2 Å². The summed E-state index contributed by atoms with van der Waals surface area (Å²) in [5, 5.41) is 12.4. The van der Waals surface area contributed by atoms with Crippen molar-refractivity contribution in [1.29, 1.82) is 0 Å². The van der Waals surface area contributed by atoms with E-state index in [4.69, 9.17) is 5.11 Å². The van der Waals surface area contributed by atoms with E-state index in [1.54, 1.807) is 12.1 Å². The predicted octanol–water partition coefficient (Wildman–Crippen LogP) is 2.58. The number of alkyl halides is 1. The summed E-state index contributed by atoms with van der Waals surface area (Å²) in [6, 6.07) is 7.05. The van der Waals surface area contributed by atoms with Gasteiger partial charge < -0.3 is 10.4 Å². The summed E-state index contributed by atoms with van der Waals surface area (Å²) in [5.74, 6) is 0.251. The average Bonchev–Trinajstić information content (AvgIpc) is 2.19. The number of phenols is 1. The Kier molecular flexibility index (Phi) is 4.36. The maximum atomic E-state index is 13.1. The number of hydrogen-bond donors (Lipinski definition) is 2. The zero-order valence-electron chi connectivity index (χ0n) is 8.32. The highest BCUT2D eigenvalue weighted by molar-refractivity contribution is 5.85. The quantitative estimate of drug-likeness (QED) is 0.779. The molecule has 2 N–H and O–H groups in total. The van der Waals surface area contributed by atoms with Gasteiger partial charge in [0, 0.05) is 6.04 Å². The molecule has 1 aromatic carbocycles. The molecule has 84 valence electrons. The van der Waals surface area contributed by atoms with E-state index < -0.39 is 6.17 Å². The van der Waals surface area contributed by atoms with Gasteiger partial charge in [-0.3, -0.25) is 0 Å². The maximum absolute atomic E-state index is 13.1. The topological polar surface area (TPSA) is 32.3 Å². The van der Waals surface area contributed by atoms with Crippen molar-refractivity contribution in [3.63, 3.8) is 0 Å². The van der Waals surface area contributed by atoms with Crippen LogP contribution in [0.15, 0.2) is 24.3 Å². The van der Waals surface area contributed by atoms with E-state index in [1.165, 1.54) is 0 Å². The molecule has 0 saturated carbocycles. The smallest absolute Gasteiger partial charge is 0.115 e. The molecule has 2 atom stereocenters. The van der Waals surface area contributed by atoms with E-state index in [2.05, 4.69) is 5.32 Å². The second kappa shape index (κ2) is 5.33. The molecule has 0 spiro atoms. The van der Waals surface area contributed by atoms with E-state index in [1.807, 2.05) is 12.1 Å². The van der Waals surface area contributed by atoms with Gasteiger partial charge in [0.25, 0.3) is 0 Å². The van der Waals surface area contributed by atoms with Gasteiger partial charge >= 0.3 is 0 Å². The summed E-state index contributed by atoms with van der Waals surface area (Å²) in [6.45, 7) is 0.729. The first-order valence-corrected chi connectivity index (χ1v) is 4.92. The molecule has 0 amide bonds. The average molecular weight is 232 g/mol. The summed E-state index contributed by atoms with van der Waals surface area (Å²) in [7, 11) is 0. The predicted molar refractivity (Wildman–Crippen MR) is 60.2 cm³/mol. The Hall–Kier alpha value is -0.800. The molecule has 1 fully saturated rings. The molecule has 2 rings (SSSR count). The molecule has 15 heavy (non-hydrogen) atoms. The Labute approximate surface area is 94.9 Å². The monoisotopic (exact) mass is 231 g/mol. The SMILES string of the molecule is Cl.Oc1ccc(C2CC(F)CCN2)cc1. The number of nitrogens with one attached hydrogen (secondary N) is 1. The lowest BCUT2D eigenvalue weighted by Gasteiger charge is -2.26. The normalized spacial score (nSPS) is 25.7. The minimum absolute atomic E-state index is 0. The Bertz CT molecular complexity index is 304. The van der Waals surface area contributed by atoms with Crippen LogP contribution in [0.4, 0.5) is 4.39 Å². The first kappa shape index (κ1) is 12.3. The first-order chi connectivity index (χ1) is 6.75. The van der Waals surface area contributed by atoms with Gasteiger partial charge in [-0.2, -0.15) is 0 Å². The zero-order chi connectivity index (χ0) is 9.97. The van der Waals surface area contributed by atoms with Crippen LogP contribution in [0.25, 0.3) is 0 Å². The molecule has 1 heterocycles. The number of aromatic hydroxyl groups is 1. The van der Waals surface area contributed by atoms with Crippen molar-refractivity contribution < 1.29 is 9.50 Å². The van der Waals surface area contributed by atoms with Gasteiger partial charge in [-0.15, -0.1) is 12.4 Å². The number of halogens is 2. The highest BCUT2D eigenvalue weighted by atomic mass is 35.5. The fraction of sp³-hybridized carbons (Fsp3) is 0.455. The van der Waals surface area contributed by atoms with Gasteiger partial charge in [-0.1, -0.05) is 12.1 Å². The van der Waals surface area contributed by atoms with Crippen molar-refractivity contribution in [1.82, 2.24) is 5.32 Å². The zero-order valence-corrected chi connectivity index (χ0v) is 9.14. The number of piperidine rings is 1. The number of hydrogen-bond acceptors (Lipinski definition) is 2. The molecule has 0 aromatic heterocycles. The molecule has 0 aliphatic carbocycles. The third-order valence-corrected chi connectivity index (χ3v) is 2.64. The molecule has 1 saturated heterocycles. The summed E-state index contributed by atoms with van der Waals surface area (Å²) < 4.78 is 13.1. The van der Waals surface area contributed by atoms with Gasteiger partial charge in [0.15, 0.2) is 0 Å². The number of phenolic OH excluding ortho intramolecular Hbond substituents is 1. The highest BCUT2D eigenvalue weighted by Gasteiger charge is 2.21. The summed E-state index contributed by atoms with van der Waals surface area (Å²) in [4.78, 5) is 0. The minimum Gasteiger partial charge on any atom is -0.508 e. The van der Waals surface area contributed by atoms with Gasteiger partial charge in [0.05, 0.1) is 0 Å². The lowest BCUT2D eigenvalue weighted by molar-refractivity contribution is 0.224. The second-order valence-corrected chi connectivity index (χ2v) is 3.72. The Balaban J connectivity index is 0.00000112. The third kappa shape index (κ3) is 3.08. The van der Waals surface area contributed by atoms with Crippen LogP contribution in [-0.4, -0.2) is 17.8 Å². The lowest BCUT2D eigenvalue weighted by Crippen LogP contribution is -2.32. The molecule has 1 aromatic rings. The standard InChI is InChI=1S/C11H14FNO.ClH/c12-9-5-6-13-11(7-9)8-1-3-10(14)4-2-8;/h1-4,9,11,13-14H,5-7H2;1H. The summed E-state index contributed by atoms with van der Waals surface area (Å²) in [6.07, 6.45) is 0.439. The molecule has 2 nitrogen and oxygen atoms in total. The Morgan fingerprint density at radius 2 is 1.93 bits per heavy atom. The fourth-order valence-corrected chi connectivity index (χ4v) is 1.83. The fourth-order valence-electron chi connectivity index (χ4n) is 1.83. The van der Waals surface area contributed by atoms with Crippen molar-refractivity contribution in [2.45, 2.75) is 25.1 Å². The molecule has 1 aliphatic heterocycles. The van der Waals surface area contributed by atoms with E-state index in [0.29, 0.717) is 12.8 Å². The van der Waals surface area contributed by atoms with Crippen molar-refractivity contribution in [3.8, 4) is 5.75 Å². The van der Waals surface area contributed by atoms with E-state index >= 15 is 0 Å². The molecule has 1 aliphatic rings. The maximum Gasteiger partial charge on any atom is 0.115 e. The Morgan fingerprint density at radius 1 is 1.27 bits per heavy atom. The molecular formula is C11H15ClFNO. The second-order valence-electron chi connectivity index (χ2n) is 3.72. The summed E-state index contributed by atoms with van der Waals surface area (Å²) in [5.41, 5.74) is 1.05.